The predicted octanol–water partition coefficient (Wildman–Crippen LogP) is -0.511. The van der Waals surface area contributed by atoms with Gasteiger partial charge in [-0.3, -0.25) is 4.90 Å². The van der Waals surface area contributed by atoms with Crippen molar-refractivity contribution >= 4 is 0 Å². The summed E-state index contributed by atoms with van der Waals surface area (Å²) < 4.78 is 0. The second-order valence-electron chi connectivity index (χ2n) is 4.13. The third kappa shape index (κ3) is 2.24. The second kappa shape index (κ2) is 4.74. The Bertz CT molecular complexity index is 219. The largest absolute Gasteiger partial charge is 0.303 e. The summed E-state index contributed by atoms with van der Waals surface area (Å²) in [4.78, 5) is 5.11. The maximum Gasteiger partial charge on any atom is 0.0841 e. The van der Waals surface area contributed by atoms with Crippen LogP contribution in [0.25, 0.3) is 0 Å². The van der Waals surface area contributed by atoms with Crippen LogP contribution in [-0.4, -0.2) is 61.7 Å². The molecule has 3 rings (SSSR count). The Balaban J connectivity index is 1.83. The predicted molar refractivity (Wildman–Crippen MR) is 54.9 cm³/mol. The van der Waals surface area contributed by atoms with Gasteiger partial charge in [0.25, 0.3) is 0 Å². The van der Waals surface area contributed by atoms with Gasteiger partial charge in [0.2, 0.25) is 0 Å². The van der Waals surface area contributed by atoms with Crippen LogP contribution in [0, 0.1) is 11.3 Å². The minimum absolute atomic E-state index is 0.477. The van der Waals surface area contributed by atoms with Crippen LogP contribution in [0.4, 0.5) is 0 Å². The van der Waals surface area contributed by atoms with Crippen LogP contribution >= 0.6 is 0 Å². The van der Waals surface area contributed by atoms with E-state index in [0.29, 0.717) is 12.6 Å². The average molecular weight is 194 g/mol. The van der Waals surface area contributed by atoms with E-state index in [4.69, 9.17) is 5.26 Å². The lowest BCUT2D eigenvalue weighted by Gasteiger charge is -2.37. The fourth-order valence-corrected chi connectivity index (χ4v) is 2.44. The number of hydrogen-bond donors (Lipinski definition) is 1. The van der Waals surface area contributed by atoms with Crippen LogP contribution in [0.5, 0.6) is 0 Å². The molecule has 3 aliphatic rings. The Labute approximate surface area is 85.5 Å². The zero-order valence-electron chi connectivity index (χ0n) is 8.58. The van der Waals surface area contributed by atoms with Crippen molar-refractivity contribution in [2.24, 2.45) is 0 Å². The van der Waals surface area contributed by atoms with Gasteiger partial charge in [-0.1, -0.05) is 0 Å². The fraction of sp³-hybridized carbons (Fsp3) is 0.900. The molecule has 14 heavy (non-hydrogen) atoms. The first-order chi connectivity index (χ1) is 6.90. The smallest absolute Gasteiger partial charge is 0.0841 e. The molecule has 0 aromatic heterocycles. The van der Waals surface area contributed by atoms with Gasteiger partial charge in [0.1, 0.15) is 0 Å². The molecule has 0 saturated carbocycles. The van der Waals surface area contributed by atoms with E-state index in [2.05, 4.69) is 21.2 Å². The van der Waals surface area contributed by atoms with Gasteiger partial charge in [-0.15, -0.1) is 0 Å². The molecule has 3 saturated heterocycles. The Kier molecular flexibility index (Phi) is 3.35. The quantitative estimate of drug-likeness (QED) is 0.485. The van der Waals surface area contributed by atoms with E-state index in [-0.39, 0.29) is 0 Å². The highest BCUT2D eigenvalue weighted by Gasteiger charge is 2.28. The van der Waals surface area contributed by atoms with Gasteiger partial charge in [0.05, 0.1) is 12.6 Å². The number of nitrogens with one attached hydrogen (secondary N) is 1. The molecule has 3 atom stereocenters. The molecule has 0 aliphatic carbocycles. The molecule has 3 aliphatic heterocycles. The highest BCUT2D eigenvalue weighted by atomic mass is 15.3. The monoisotopic (exact) mass is 194 g/mol. The van der Waals surface area contributed by atoms with E-state index in [0.717, 1.165) is 6.54 Å². The van der Waals surface area contributed by atoms with Gasteiger partial charge in [0.15, 0.2) is 0 Å². The van der Waals surface area contributed by atoms with Crippen LogP contribution in [0.1, 0.15) is 6.42 Å². The molecule has 0 aromatic carbocycles. The van der Waals surface area contributed by atoms with E-state index in [1.54, 1.807) is 0 Å². The molecule has 3 heterocycles. The number of nitriles is 1. The van der Waals surface area contributed by atoms with Crippen molar-refractivity contribution in [3.63, 3.8) is 0 Å². The number of rotatable bonds is 3. The summed E-state index contributed by atoms with van der Waals surface area (Å²) in [7, 11) is 0. The van der Waals surface area contributed by atoms with E-state index < -0.39 is 0 Å². The summed E-state index contributed by atoms with van der Waals surface area (Å²) in [5, 5.41) is 11.6. The standard InChI is InChI=1S/C10H18N4/c11-2-3-12-8-10-9-13-4-1-5-14(10)7-6-13/h10,12H,1,3-9H2. The van der Waals surface area contributed by atoms with Crippen molar-refractivity contribution in [3.8, 4) is 6.07 Å². The molecule has 0 spiro atoms. The average Bonchev–Trinajstić information content (AvgIpc) is 2.53. The molecule has 2 bridgehead atoms. The third-order valence-corrected chi connectivity index (χ3v) is 3.19. The van der Waals surface area contributed by atoms with E-state index >= 15 is 0 Å². The fourth-order valence-electron chi connectivity index (χ4n) is 2.44. The number of hydrogen-bond acceptors (Lipinski definition) is 4. The van der Waals surface area contributed by atoms with Crippen LogP contribution < -0.4 is 5.32 Å². The maximum absolute atomic E-state index is 8.45. The topological polar surface area (TPSA) is 42.3 Å². The summed E-state index contributed by atoms with van der Waals surface area (Å²) in [6, 6.07) is 2.75. The lowest BCUT2D eigenvalue weighted by atomic mass is 10.2. The third-order valence-electron chi connectivity index (χ3n) is 3.19. The Hall–Kier alpha value is -0.630. The van der Waals surface area contributed by atoms with Gasteiger partial charge >= 0.3 is 0 Å². The zero-order chi connectivity index (χ0) is 9.80. The number of piperazine rings is 1. The molecule has 0 aromatic rings. The normalized spacial score (nSPS) is 36.4. The van der Waals surface area contributed by atoms with Gasteiger partial charge in [0, 0.05) is 32.2 Å². The summed E-state index contributed by atoms with van der Waals surface area (Å²) in [5.74, 6) is 0. The first-order valence-corrected chi connectivity index (χ1v) is 5.44. The van der Waals surface area contributed by atoms with Gasteiger partial charge in [-0.2, -0.15) is 5.26 Å². The molecule has 4 heteroatoms. The molecule has 0 amide bonds. The first kappa shape index (κ1) is 9.91. The molecule has 0 radical (unpaired) electrons. The minimum atomic E-state index is 0.477. The van der Waals surface area contributed by atoms with Gasteiger partial charge in [-0.25, -0.2) is 0 Å². The van der Waals surface area contributed by atoms with Crippen molar-refractivity contribution in [3.05, 3.63) is 0 Å². The van der Waals surface area contributed by atoms with Crippen molar-refractivity contribution in [1.29, 1.82) is 5.26 Å². The highest BCUT2D eigenvalue weighted by molar-refractivity contribution is 4.87. The van der Waals surface area contributed by atoms with Crippen LogP contribution in [-0.2, 0) is 0 Å². The van der Waals surface area contributed by atoms with Crippen LogP contribution in [0.2, 0.25) is 0 Å². The number of nitrogens with zero attached hydrogens (tertiary/aromatic N) is 3. The molecular weight excluding hydrogens is 176 g/mol. The summed E-state index contributed by atoms with van der Waals surface area (Å²) in [6.45, 7) is 7.54. The first-order valence-electron chi connectivity index (χ1n) is 5.44. The summed E-state index contributed by atoms with van der Waals surface area (Å²) >= 11 is 0. The van der Waals surface area contributed by atoms with E-state index in [1.165, 1.54) is 39.1 Å². The lowest BCUT2D eigenvalue weighted by Crippen LogP contribution is -2.53. The highest BCUT2D eigenvalue weighted by Crippen LogP contribution is 2.14. The van der Waals surface area contributed by atoms with Crippen molar-refractivity contribution in [1.82, 2.24) is 15.1 Å². The molecule has 1 N–H and O–H groups in total. The molecule has 3 unspecified atom stereocenters. The number of fused-ring (bicyclic) bond motifs is 4. The SMILES string of the molecule is N#CCNCC1CN2CCCN1CC2. The molecule has 3 fully saturated rings. The van der Waals surface area contributed by atoms with E-state index in [1.807, 2.05) is 0 Å². The van der Waals surface area contributed by atoms with Crippen LogP contribution in [0.3, 0.4) is 0 Å². The van der Waals surface area contributed by atoms with Gasteiger partial charge in [-0.05, 0) is 19.5 Å². The van der Waals surface area contributed by atoms with Crippen LogP contribution in [0.15, 0.2) is 0 Å². The van der Waals surface area contributed by atoms with E-state index in [9.17, 15) is 0 Å². The Morgan fingerprint density at radius 2 is 2.21 bits per heavy atom. The van der Waals surface area contributed by atoms with Crippen molar-refractivity contribution in [2.45, 2.75) is 12.5 Å². The van der Waals surface area contributed by atoms with Crippen molar-refractivity contribution < 1.29 is 0 Å². The Morgan fingerprint density at radius 3 is 3.07 bits per heavy atom. The summed E-state index contributed by atoms with van der Waals surface area (Å²) in [5.41, 5.74) is 0. The molecule has 4 nitrogen and oxygen atoms in total. The summed E-state index contributed by atoms with van der Waals surface area (Å²) in [6.07, 6.45) is 1.30. The lowest BCUT2D eigenvalue weighted by molar-refractivity contribution is 0.114. The second-order valence-corrected chi connectivity index (χ2v) is 4.13. The maximum atomic E-state index is 8.45. The van der Waals surface area contributed by atoms with Gasteiger partial charge < -0.3 is 10.2 Å². The van der Waals surface area contributed by atoms with Crippen molar-refractivity contribution in [2.75, 3.05) is 45.8 Å². The zero-order valence-corrected chi connectivity index (χ0v) is 8.58. The minimum Gasteiger partial charge on any atom is -0.303 e. The molecular formula is C10H18N4. The Morgan fingerprint density at radius 1 is 1.29 bits per heavy atom. The molecule has 78 valence electrons.